The zero-order valence-electron chi connectivity index (χ0n) is 11.8. The Morgan fingerprint density at radius 3 is 2.38 bits per heavy atom. The molecule has 1 amide bonds. The minimum absolute atomic E-state index is 0.171. The number of aromatic nitrogens is 2. The molecule has 1 aromatic heterocycles. The number of benzene rings is 1. The van der Waals surface area contributed by atoms with Gasteiger partial charge in [-0.15, -0.1) is 10.2 Å². The van der Waals surface area contributed by atoms with E-state index in [1.54, 1.807) is 18.2 Å². The second-order valence-corrected chi connectivity index (χ2v) is 5.14. The normalized spacial score (nSPS) is 14.8. The predicted octanol–water partition coefficient (Wildman–Crippen LogP) is 2.72. The van der Waals surface area contributed by atoms with Crippen molar-refractivity contribution in [1.82, 2.24) is 10.2 Å². The molecule has 1 fully saturated rings. The quantitative estimate of drug-likeness (QED) is 0.940. The molecule has 2 aromatic rings. The highest BCUT2D eigenvalue weighted by molar-refractivity contribution is 6.03. The molecule has 5 nitrogen and oxygen atoms in total. The molecule has 1 N–H and O–H groups in total. The van der Waals surface area contributed by atoms with Crippen LogP contribution in [0.1, 0.15) is 29.6 Å². The Bertz CT molecular complexity index is 591. The van der Waals surface area contributed by atoms with Crippen LogP contribution >= 0.6 is 0 Å². The maximum absolute atomic E-state index is 12.0. The van der Waals surface area contributed by atoms with Gasteiger partial charge in [-0.25, -0.2) is 0 Å². The number of amides is 1. The smallest absolute Gasteiger partial charge is 0.256 e. The van der Waals surface area contributed by atoms with Gasteiger partial charge in [0.15, 0.2) is 11.6 Å². The Morgan fingerprint density at radius 2 is 1.71 bits per heavy atom. The van der Waals surface area contributed by atoms with E-state index in [0.717, 1.165) is 18.9 Å². The first kappa shape index (κ1) is 13.5. The summed E-state index contributed by atoms with van der Waals surface area (Å²) < 4.78 is 0. The Labute approximate surface area is 124 Å². The number of hydrogen-bond acceptors (Lipinski definition) is 4. The summed E-state index contributed by atoms with van der Waals surface area (Å²) in [4.78, 5) is 14.2. The van der Waals surface area contributed by atoms with Gasteiger partial charge in [-0.3, -0.25) is 4.79 Å². The van der Waals surface area contributed by atoms with Gasteiger partial charge in [0.25, 0.3) is 5.91 Å². The van der Waals surface area contributed by atoms with Gasteiger partial charge in [-0.2, -0.15) is 0 Å². The summed E-state index contributed by atoms with van der Waals surface area (Å²) in [5.41, 5.74) is 0.611. The van der Waals surface area contributed by atoms with E-state index in [-0.39, 0.29) is 5.91 Å². The van der Waals surface area contributed by atoms with Gasteiger partial charge in [-0.1, -0.05) is 18.2 Å². The molecule has 0 unspecified atom stereocenters. The first-order valence-corrected chi connectivity index (χ1v) is 7.28. The standard InChI is InChI=1S/C16H18N4O/c21-16(13-7-3-1-4-8-13)17-14-9-10-15(19-18-14)20-11-5-2-6-12-20/h1,3-4,7-10H,2,5-6,11-12H2,(H,17,18,21). The van der Waals surface area contributed by atoms with Crippen molar-refractivity contribution in [1.29, 1.82) is 0 Å². The lowest BCUT2D eigenvalue weighted by Gasteiger charge is -2.27. The van der Waals surface area contributed by atoms with Crippen molar-refractivity contribution in [2.75, 3.05) is 23.3 Å². The molecule has 0 radical (unpaired) electrons. The van der Waals surface area contributed by atoms with Crippen LogP contribution in [-0.2, 0) is 0 Å². The average Bonchev–Trinajstić information content (AvgIpc) is 2.57. The van der Waals surface area contributed by atoms with E-state index >= 15 is 0 Å². The minimum Gasteiger partial charge on any atom is -0.355 e. The van der Waals surface area contributed by atoms with Gasteiger partial charge in [0, 0.05) is 18.7 Å². The molecule has 0 saturated carbocycles. The van der Waals surface area contributed by atoms with E-state index < -0.39 is 0 Å². The molecule has 108 valence electrons. The highest BCUT2D eigenvalue weighted by Crippen LogP contribution is 2.17. The third kappa shape index (κ3) is 3.37. The van der Waals surface area contributed by atoms with E-state index in [9.17, 15) is 4.79 Å². The summed E-state index contributed by atoms with van der Waals surface area (Å²) in [5.74, 6) is 1.19. The van der Waals surface area contributed by atoms with Crippen molar-refractivity contribution in [3.05, 3.63) is 48.0 Å². The lowest BCUT2D eigenvalue weighted by atomic mass is 10.1. The fourth-order valence-corrected chi connectivity index (χ4v) is 2.46. The van der Waals surface area contributed by atoms with E-state index in [1.807, 2.05) is 24.3 Å². The van der Waals surface area contributed by atoms with E-state index in [0.29, 0.717) is 11.4 Å². The molecular weight excluding hydrogens is 264 g/mol. The first-order valence-electron chi connectivity index (χ1n) is 7.28. The topological polar surface area (TPSA) is 58.1 Å². The van der Waals surface area contributed by atoms with E-state index in [4.69, 9.17) is 0 Å². The lowest BCUT2D eigenvalue weighted by Crippen LogP contribution is -2.30. The maximum Gasteiger partial charge on any atom is 0.256 e. The molecule has 21 heavy (non-hydrogen) atoms. The van der Waals surface area contributed by atoms with E-state index in [2.05, 4.69) is 20.4 Å². The summed E-state index contributed by atoms with van der Waals surface area (Å²) in [7, 11) is 0. The lowest BCUT2D eigenvalue weighted by molar-refractivity contribution is 0.102. The Hall–Kier alpha value is -2.43. The molecule has 1 aliphatic rings. The highest BCUT2D eigenvalue weighted by atomic mass is 16.1. The van der Waals surface area contributed by atoms with Crippen molar-refractivity contribution in [3.8, 4) is 0 Å². The molecule has 0 spiro atoms. The molecule has 0 atom stereocenters. The van der Waals surface area contributed by atoms with Crippen LogP contribution in [0.15, 0.2) is 42.5 Å². The zero-order valence-corrected chi connectivity index (χ0v) is 11.8. The van der Waals surface area contributed by atoms with Crippen LogP contribution in [0.4, 0.5) is 11.6 Å². The largest absolute Gasteiger partial charge is 0.355 e. The number of hydrogen-bond donors (Lipinski definition) is 1. The fourth-order valence-electron chi connectivity index (χ4n) is 2.46. The van der Waals surface area contributed by atoms with Crippen molar-refractivity contribution in [3.63, 3.8) is 0 Å². The number of nitrogens with zero attached hydrogens (tertiary/aromatic N) is 3. The van der Waals surface area contributed by atoms with Gasteiger partial charge in [0.05, 0.1) is 0 Å². The predicted molar refractivity (Wildman–Crippen MR) is 82.5 cm³/mol. The number of anilines is 2. The molecular formula is C16H18N4O. The molecule has 0 aliphatic carbocycles. The van der Waals surface area contributed by atoms with Crippen molar-refractivity contribution in [2.45, 2.75) is 19.3 Å². The zero-order chi connectivity index (χ0) is 14.5. The third-order valence-corrected chi connectivity index (χ3v) is 3.61. The summed E-state index contributed by atoms with van der Waals surface area (Å²) in [5, 5.41) is 11.1. The van der Waals surface area contributed by atoms with Crippen LogP contribution in [0, 0.1) is 0 Å². The molecule has 1 aliphatic heterocycles. The summed E-state index contributed by atoms with van der Waals surface area (Å²) in [6.07, 6.45) is 3.69. The average molecular weight is 282 g/mol. The summed E-state index contributed by atoms with van der Waals surface area (Å²) in [6.45, 7) is 2.06. The van der Waals surface area contributed by atoms with E-state index in [1.165, 1.54) is 19.3 Å². The Kier molecular flexibility index (Phi) is 4.09. The third-order valence-electron chi connectivity index (χ3n) is 3.61. The molecule has 2 heterocycles. The molecule has 1 aromatic carbocycles. The van der Waals surface area contributed by atoms with Crippen LogP contribution in [0.3, 0.4) is 0 Å². The van der Waals surface area contributed by atoms with Gasteiger partial charge >= 0.3 is 0 Å². The van der Waals surface area contributed by atoms with Crippen LogP contribution in [-0.4, -0.2) is 29.2 Å². The Morgan fingerprint density at radius 1 is 0.952 bits per heavy atom. The van der Waals surface area contributed by atoms with Crippen LogP contribution in [0.25, 0.3) is 0 Å². The van der Waals surface area contributed by atoms with Gasteiger partial charge in [0.1, 0.15) is 0 Å². The summed E-state index contributed by atoms with van der Waals surface area (Å²) in [6, 6.07) is 12.8. The molecule has 3 rings (SSSR count). The second kappa shape index (κ2) is 6.35. The van der Waals surface area contributed by atoms with Gasteiger partial charge < -0.3 is 10.2 Å². The maximum atomic E-state index is 12.0. The minimum atomic E-state index is -0.171. The van der Waals surface area contributed by atoms with Crippen LogP contribution in [0.2, 0.25) is 0 Å². The molecule has 5 heteroatoms. The number of carbonyl (C=O) groups is 1. The van der Waals surface area contributed by atoms with Crippen molar-refractivity contribution < 1.29 is 4.79 Å². The second-order valence-electron chi connectivity index (χ2n) is 5.14. The number of rotatable bonds is 3. The van der Waals surface area contributed by atoms with Crippen molar-refractivity contribution >= 4 is 17.5 Å². The highest BCUT2D eigenvalue weighted by Gasteiger charge is 2.13. The van der Waals surface area contributed by atoms with Gasteiger partial charge in [-0.05, 0) is 43.5 Å². The van der Waals surface area contributed by atoms with Crippen LogP contribution < -0.4 is 10.2 Å². The molecule has 1 saturated heterocycles. The number of nitrogens with one attached hydrogen (secondary N) is 1. The van der Waals surface area contributed by atoms with Crippen LogP contribution in [0.5, 0.6) is 0 Å². The molecule has 0 bridgehead atoms. The SMILES string of the molecule is O=C(Nc1ccc(N2CCCCC2)nn1)c1ccccc1. The fraction of sp³-hybridized carbons (Fsp3) is 0.312. The number of piperidine rings is 1. The number of carbonyl (C=O) groups excluding carboxylic acids is 1. The Balaban J connectivity index is 1.65. The van der Waals surface area contributed by atoms with Crippen molar-refractivity contribution in [2.24, 2.45) is 0 Å². The summed E-state index contributed by atoms with van der Waals surface area (Å²) >= 11 is 0. The first-order chi connectivity index (χ1) is 10.3. The van der Waals surface area contributed by atoms with Gasteiger partial charge in [0.2, 0.25) is 0 Å². The monoisotopic (exact) mass is 282 g/mol.